The molecule has 0 aliphatic heterocycles. The molecule has 4 nitrogen and oxygen atoms in total. The Hall–Kier alpha value is -2.89. The number of hydrogen-bond acceptors (Lipinski definition) is 4. The van der Waals surface area contributed by atoms with Crippen molar-refractivity contribution in [3.05, 3.63) is 93.5 Å². The smallest absolute Gasteiger partial charge is 0.256 e. The standard InChI is InChI=1S/C22H14ClNO3S/c1-28-21-17(22(27)24-13-6-4-5-12(23)11-13)10-9-16-18(21)20(26)15-8-3-2-7-14(15)19(16)25/h2-11H,1H3,(H,24,27). The van der Waals surface area contributed by atoms with E-state index in [2.05, 4.69) is 5.32 Å². The van der Waals surface area contributed by atoms with Gasteiger partial charge in [-0.25, -0.2) is 0 Å². The normalized spacial score (nSPS) is 12.4. The van der Waals surface area contributed by atoms with E-state index in [9.17, 15) is 14.4 Å². The number of nitrogens with one attached hydrogen (secondary N) is 1. The molecule has 0 saturated carbocycles. The summed E-state index contributed by atoms with van der Waals surface area (Å²) in [7, 11) is 0. The number of rotatable bonds is 3. The van der Waals surface area contributed by atoms with Gasteiger partial charge in [0.05, 0.1) is 5.56 Å². The second kappa shape index (κ2) is 7.26. The molecule has 0 fully saturated rings. The molecule has 1 amide bonds. The van der Waals surface area contributed by atoms with Crippen molar-refractivity contribution in [2.24, 2.45) is 0 Å². The second-order valence-corrected chi connectivity index (χ2v) is 7.49. The molecule has 1 aliphatic rings. The number of amides is 1. The predicted molar refractivity (Wildman–Crippen MR) is 111 cm³/mol. The first kappa shape index (κ1) is 18.5. The fourth-order valence-electron chi connectivity index (χ4n) is 3.31. The maximum absolute atomic E-state index is 13.1. The Morgan fingerprint density at radius 1 is 0.893 bits per heavy atom. The van der Waals surface area contributed by atoms with Crippen molar-refractivity contribution in [1.29, 1.82) is 0 Å². The lowest BCUT2D eigenvalue weighted by molar-refractivity contribution is 0.0975. The van der Waals surface area contributed by atoms with Gasteiger partial charge >= 0.3 is 0 Å². The Balaban J connectivity index is 1.80. The molecule has 6 heteroatoms. The van der Waals surface area contributed by atoms with Crippen molar-refractivity contribution in [3.8, 4) is 0 Å². The summed E-state index contributed by atoms with van der Waals surface area (Å²) in [5.74, 6) is -0.817. The Kier molecular flexibility index (Phi) is 4.79. The van der Waals surface area contributed by atoms with Gasteiger partial charge in [-0.15, -0.1) is 11.8 Å². The third kappa shape index (κ3) is 3.03. The van der Waals surface area contributed by atoms with Crippen LogP contribution in [0, 0.1) is 0 Å². The van der Waals surface area contributed by atoms with E-state index >= 15 is 0 Å². The van der Waals surface area contributed by atoms with E-state index in [1.54, 1.807) is 66.9 Å². The Labute approximate surface area is 170 Å². The predicted octanol–water partition coefficient (Wildman–Crippen LogP) is 5.09. The maximum atomic E-state index is 13.1. The van der Waals surface area contributed by atoms with Crippen LogP contribution in [0.5, 0.6) is 0 Å². The third-order valence-electron chi connectivity index (χ3n) is 4.58. The minimum Gasteiger partial charge on any atom is -0.322 e. The fourth-order valence-corrected chi connectivity index (χ4v) is 4.29. The monoisotopic (exact) mass is 407 g/mol. The number of benzene rings is 3. The highest BCUT2D eigenvalue weighted by molar-refractivity contribution is 7.98. The van der Waals surface area contributed by atoms with E-state index in [0.29, 0.717) is 37.9 Å². The maximum Gasteiger partial charge on any atom is 0.256 e. The molecular weight excluding hydrogens is 394 g/mol. The zero-order valence-electron chi connectivity index (χ0n) is 14.8. The highest BCUT2D eigenvalue weighted by Gasteiger charge is 2.33. The van der Waals surface area contributed by atoms with Crippen LogP contribution in [0.25, 0.3) is 0 Å². The van der Waals surface area contributed by atoms with Gasteiger partial charge in [-0.3, -0.25) is 14.4 Å². The molecule has 28 heavy (non-hydrogen) atoms. The lowest BCUT2D eigenvalue weighted by atomic mass is 9.83. The molecular formula is C22H14ClNO3S. The third-order valence-corrected chi connectivity index (χ3v) is 5.64. The lowest BCUT2D eigenvalue weighted by Gasteiger charge is -2.21. The quantitative estimate of drug-likeness (QED) is 0.480. The van der Waals surface area contributed by atoms with Crippen molar-refractivity contribution in [3.63, 3.8) is 0 Å². The van der Waals surface area contributed by atoms with Crippen molar-refractivity contribution in [2.75, 3.05) is 11.6 Å². The number of hydrogen-bond donors (Lipinski definition) is 1. The number of carbonyl (C=O) groups excluding carboxylic acids is 3. The molecule has 0 radical (unpaired) electrons. The van der Waals surface area contributed by atoms with Crippen molar-refractivity contribution in [1.82, 2.24) is 0 Å². The van der Waals surface area contributed by atoms with Gasteiger partial charge in [-0.05, 0) is 36.6 Å². The zero-order chi connectivity index (χ0) is 19.8. The lowest BCUT2D eigenvalue weighted by Crippen LogP contribution is -2.24. The molecule has 0 unspecified atom stereocenters. The van der Waals surface area contributed by atoms with E-state index < -0.39 is 0 Å². The number of anilines is 1. The topological polar surface area (TPSA) is 63.2 Å². The van der Waals surface area contributed by atoms with E-state index in [-0.39, 0.29) is 23.0 Å². The van der Waals surface area contributed by atoms with E-state index in [0.717, 1.165) is 0 Å². The van der Waals surface area contributed by atoms with Crippen molar-refractivity contribution >= 4 is 46.5 Å². The molecule has 0 spiro atoms. The summed E-state index contributed by atoms with van der Waals surface area (Å²) in [6.45, 7) is 0. The van der Waals surface area contributed by atoms with Crippen LogP contribution < -0.4 is 5.32 Å². The van der Waals surface area contributed by atoms with Crippen LogP contribution in [0.4, 0.5) is 5.69 Å². The highest BCUT2D eigenvalue weighted by atomic mass is 35.5. The van der Waals surface area contributed by atoms with E-state index in [1.165, 1.54) is 11.8 Å². The van der Waals surface area contributed by atoms with Crippen LogP contribution in [-0.4, -0.2) is 23.7 Å². The average Bonchev–Trinajstić information content (AvgIpc) is 2.71. The number of halogens is 1. The zero-order valence-corrected chi connectivity index (χ0v) is 16.4. The van der Waals surface area contributed by atoms with Gasteiger partial charge in [0.1, 0.15) is 0 Å². The highest BCUT2D eigenvalue weighted by Crippen LogP contribution is 2.35. The van der Waals surface area contributed by atoms with Crippen molar-refractivity contribution in [2.45, 2.75) is 4.90 Å². The van der Waals surface area contributed by atoms with Crippen molar-refractivity contribution < 1.29 is 14.4 Å². The van der Waals surface area contributed by atoms with Crippen LogP contribution in [-0.2, 0) is 0 Å². The summed E-state index contributed by atoms with van der Waals surface area (Å²) in [5.41, 5.74) is 2.26. The van der Waals surface area contributed by atoms with Gasteiger partial charge in [0.15, 0.2) is 11.6 Å². The van der Waals surface area contributed by atoms with Crippen LogP contribution in [0.1, 0.15) is 42.2 Å². The molecule has 3 aromatic rings. The summed E-state index contributed by atoms with van der Waals surface area (Å²) in [6.07, 6.45) is 1.78. The summed E-state index contributed by atoms with van der Waals surface area (Å²) in [6, 6.07) is 16.7. The Morgan fingerprint density at radius 2 is 1.61 bits per heavy atom. The first-order valence-electron chi connectivity index (χ1n) is 8.47. The fraction of sp³-hybridized carbons (Fsp3) is 0.0455. The first-order chi connectivity index (χ1) is 13.5. The number of fused-ring (bicyclic) bond motifs is 2. The van der Waals surface area contributed by atoms with Gasteiger partial charge in [0, 0.05) is 37.9 Å². The second-order valence-electron chi connectivity index (χ2n) is 6.24. The van der Waals surface area contributed by atoms with E-state index in [4.69, 9.17) is 11.6 Å². The first-order valence-corrected chi connectivity index (χ1v) is 10.1. The SMILES string of the molecule is CSc1c(C(=O)Nc2cccc(Cl)c2)ccc2c1C(=O)c1ccccc1C2=O. The van der Waals surface area contributed by atoms with Crippen LogP contribution in [0.3, 0.4) is 0 Å². The van der Waals surface area contributed by atoms with Gasteiger partial charge in [0.2, 0.25) is 0 Å². The van der Waals surface area contributed by atoms with E-state index in [1.807, 2.05) is 0 Å². The minimum absolute atomic E-state index is 0.206. The molecule has 138 valence electrons. The molecule has 4 rings (SSSR count). The number of ketones is 2. The summed E-state index contributed by atoms with van der Waals surface area (Å²) in [5, 5.41) is 3.30. The Morgan fingerprint density at radius 3 is 2.29 bits per heavy atom. The average molecular weight is 408 g/mol. The summed E-state index contributed by atoms with van der Waals surface area (Å²) >= 11 is 7.25. The molecule has 0 bridgehead atoms. The minimum atomic E-state index is -0.367. The van der Waals surface area contributed by atoms with Gasteiger partial charge in [-0.1, -0.05) is 41.9 Å². The van der Waals surface area contributed by atoms with Gasteiger partial charge in [-0.2, -0.15) is 0 Å². The molecule has 0 saturated heterocycles. The number of thioether (sulfide) groups is 1. The molecule has 3 aromatic carbocycles. The molecule has 0 aromatic heterocycles. The van der Waals surface area contributed by atoms with Gasteiger partial charge in [0.25, 0.3) is 5.91 Å². The molecule has 0 atom stereocenters. The number of carbonyl (C=O) groups is 3. The van der Waals surface area contributed by atoms with Crippen LogP contribution >= 0.6 is 23.4 Å². The van der Waals surface area contributed by atoms with Crippen LogP contribution in [0.2, 0.25) is 5.02 Å². The summed E-state index contributed by atoms with van der Waals surface area (Å²) in [4.78, 5) is 39.3. The largest absolute Gasteiger partial charge is 0.322 e. The molecule has 1 aliphatic carbocycles. The molecule has 1 N–H and O–H groups in total. The van der Waals surface area contributed by atoms with Gasteiger partial charge < -0.3 is 5.32 Å². The summed E-state index contributed by atoms with van der Waals surface area (Å²) < 4.78 is 0. The molecule has 0 heterocycles. The Bertz CT molecular complexity index is 1160. The van der Waals surface area contributed by atoms with Crippen LogP contribution in [0.15, 0.2) is 65.6 Å².